The van der Waals surface area contributed by atoms with Crippen molar-refractivity contribution in [3.05, 3.63) is 33.7 Å². The molecule has 1 N–H and O–H groups in total. The predicted octanol–water partition coefficient (Wildman–Crippen LogP) is -0.194. The molecule has 1 heterocycles. The third-order valence-corrected chi connectivity index (χ3v) is 3.24. The van der Waals surface area contributed by atoms with Crippen molar-refractivity contribution in [1.29, 1.82) is 0 Å². The Balaban J connectivity index is 2.47. The first-order valence-corrected chi connectivity index (χ1v) is 5.41. The van der Waals surface area contributed by atoms with Crippen LogP contribution in [0, 0.1) is 5.41 Å². The number of hydrogen-bond acceptors (Lipinski definition) is 5. The molecule has 18 heavy (non-hydrogen) atoms. The zero-order chi connectivity index (χ0) is 13.3. The molecule has 96 valence electrons. The number of ether oxygens (including phenoxy) is 2. The Morgan fingerprint density at radius 3 is 2.28 bits per heavy atom. The van der Waals surface area contributed by atoms with Crippen molar-refractivity contribution in [2.75, 3.05) is 14.2 Å². The van der Waals surface area contributed by atoms with Gasteiger partial charge in [0.25, 0.3) is 0 Å². The molecular weight excluding hydrogens is 238 g/mol. The second kappa shape index (κ2) is 4.29. The molecule has 0 bridgehead atoms. The van der Waals surface area contributed by atoms with Gasteiger partial charge in [-0.3, -0.25) is 14.4 Å². The average molecular weight is 251 g/mol. The lowest BCUT2D eigenvalue weighted by Gasteiger charge is -2.22. The number of carbonyl (C=O) groups is 2. The third kappa shape index (κ3) is 1.70. The summed E-state index contributed by atoms with van der Waals surface area (Å²) in [7, 11) is 2.45. The van der Waals surface area contributed by atoms with Crippen LogP contribution in [0.2, 0.25) is 0 Å². The monoisotopic (exact) mass is 251 g/mol. The van der Waals surface area contributed by atoms with Gasteiger partial charge in [0, 0.05) is 25.1 Å². The van der Waals surface area contributed by atoms with E-state index in [1.807, 2.05) is 0 Å². The molecule has 1 aromatic heterocycles. The Morgan fingerprint density at radius 1 is 1.17 bits per heavy atom. The van der Waals surface area contributed by atoms with E-state index >= 15 is 0 Å². The Labute approximate surface area is 103 Å². The van der Waals surface area contributed by atoms with Gasteiger partial charge >= 0.3 is 11.9 Å². The summed E-state index contributed by atoms with van der Waals surface area (Å²) >= 11 is 0. The lowest BCUT2D eigenvalue weighted by Crippen LogP contribution is -2.42. The number of aromatic nitrogens is 1. The van der Waals surface area contributed by atoms with Crippen LogP contribution in [-0.4, -0.2) is 31.1 Å². The lowest BCUT2D eigenvalue weighted by atomic mass is 9.85. The van der Waals surface area contributed by atoms with E-state index in [9.17, 15) is 14.4 Å². The Bertz CT molecular complexity index is 544. The van der Waals surface area contributed by atoms with Crippen molar-refractivity contribution in [3.63, 3.8) is 0 Å². The van der Waals surface area contributed by atoms with Gasteiger partial charge in [-0.2, -0.15) is 0 Å². The summed E-state index contributed by atoms with van der Waals surface area (Å²) < 4.78 is 9.39. The van der Waals surface area contributed by atoms with E-state index in [4.69, 9.17) is 9.47 Å². The smallest absolute Gasteiger partial charge is 0.323 e. The molecule has 6 heteroatoms. The molecule has 1 aliphatic carbocycles. The Hall–Kier alpha value is -2.11. The second-order valence-corrected chi connectivity index (χ2v) is 4.27. The number of rotatable bonds is 2. The van der Waals surface area contributed by atoms with Crippen LogP contribution >= 0.6 is 0 Å². The summed E-state index contributed by atoms with van der Waals surface area (Å²) in [4.78, 5) is 37.5. The molecule has 0 unspecified atom stereocenters. The van der Waals surface area contributed by atoms with E-state index in [0.29, 0.717) is 5.56 Å². The minimum Gasteiger partial charge on any atom is -0.468 e. The maximum Gasteiger partial charge on any atom is 0.323 e. The fourth-order valence-electron chi connectivity index (χ4n) is 2.35. The van der Waals surface area contributed by atoms with Crippen LogP contribution in [0.4, 0.5) is 0 Å². The Morgan fingerprint density at radius 2 is 1.72 bits per heavy atom. The molecule has 0 saturated heterocycles. The number of nitrogens with one attached hydrogen (secondary N) is 1. The van der Waals surface area contributed by atoms with Crippen LogP contribution in [0.3, 0.4) is 0 Å². The van der Waals surface area contributed by atoms with Crippen LogP contribution < -0.4 is 5.56 Å². The molecule has 0 spiro atoms. The fraction of sp³-hybridized carbons (Fsp3) is 0.417. The molecule has 0 atom stereocenters. The second-order valence-electron chi connectivity index (χ2n) is 4.27. The van der Waals surface area contributed by atoms with Crippen molar-refractivity contribution in [3.8, 4) is 0 Å². The molecule has 1 aromatic rings. The van der Waals surface area contributed by atoms with Gasteiger partial charge in [-0.1, -0.05) is 0 Å². The van der Waals surface area contributed by atoms with Crippen LogP contribution in [0.15, 0.2) is 17.1 Å². The first-order chi connectivity index (χ1) is 8.53. The largest absolute Gasteiger partial charge is 0.468 e. The molecule has 0 amide bonds. The van der Waals surface area contributed by atoms with Crippen LogP contribution in [0.1, 0.15) is 11.1 Å². The molecule has 0 aromatic carbocycles. The highest BCUT2D eigenvalue weighted by Crippen LogP contribution is 2.38. The van der Waals surface area contributed by atoms with Gasteiger partial charge in [0.15, 0.2) is 5.41 Å². The number of hydrogen-bond donors (Lipinski definition) is 1. The van der Waals surface area contributed by atoms with E-state index in [1.165, 1.54) is 26.5 Å². The normalized spacial score (nSPS) is 15.9. The first-order valence-electron chi connectivity index (χ1n) is 5.41. The maximum atomic E-state index is 11.9. The maximum absolute atomic E-state index is 11.9. The quantitative estimate of drug-likeness (QED) is 0.581. The molecule has 1 aliphatic rings. The molecule has 0 saturated carbocycles. The van der Waals surface area contributed by atoms with E-state index < -0.39 is 17.4 Å². The zero-order valence-electron chi connectivity index (χ0n) is 10.1. The highest BCUT2D eigenvalue weighted by molar-refractivity contribution is 6.01. The first kappa shape index (κ1) is 12.3. The van der Waals surface area contributed by atoms with Crippen LogP contribution in [-0.2, 0) is 31.9 Å². The van der Waals surface area contributed by atoms with Crippen molar-refractivity contribution < 1.29 is 19.1 Å². The molecule has 0 aliphatic heterocycles. The minimum absolute atomic E-state index is 0.131. The number of esters is 2. The van der Waals surface area contributed by atoms with Crippen LogP contribution in [0.5, 0.6) is 0 Å². The summed E-state index contributed by atoms with van der Waals surface area (Å²) in [5.74, 6) is -1.28. The van der Waals surface area contributed by atoms with Gasteiger partial charge in [-0.05, 0) is 11.1 Å². The SMILES string of the molecule is COC(=O)C1(C(=O)OC)Cc2c[nH]c(=O)cc2C1. The number of H-pyrrole nitrogens is 1. The van der Waals surface area contributed by atoms with Crippen molar-refractivity contribution in [1.82, 2.24) is 4.98 Å². The number of methoxy groups -OCH3 is 2. The average Bonchev–Trinajstić information content (AvgIpc) is 2.76. The highest BCUT2D eigenvalue weighted by Gasteiger charge is 2.52. The summed E-state index contributed by atoms with van der Waals surface area (Å²) in [6.07, 6.45) is 1.83. The van der Waals surface area contributed by atoms with E-state index in [1.54, 1.807) is 0 Å². The number of fused-ring (bicyclic) bond motifs is 1. The Kier molecular flexibility index (Phi) is 2.94. The number of pyridine rings is 1. The van der Waals surface area contributed by atoms with E-state index in [0.717, 1.165) is 5.56 Å². The number of aromatic amines is 1. The molecule has 2 rings (SSSR count). The summed E-state index contributed by atoms with van der Waals surface area (Å²) in [6.45, 7) is 0. The van der Waals surface area contributed by atoms with Crippen molar-refractivity contribution >= 4 is 11.9 Å². The lowest BCUT2D eigenvalue weighted by molar-refractivity contribution is -0.168. The fourth-order valence-corrected chi connectivity index (χ4v) is 2.35. The summed E-state index contributed by atoms with van der Waals surface area (Å²) in [5, 5.41) is 0. The standard InChI is InChI=1S/C12H13NO5/c1-17-10(15)12(11(16)18-2)4-7-3-9(14)13-6-8(7)5-12/h3,6H,4-5H2,1-2H3,(H,13,14). The van der Waals surface area contributed by atoms with Gasteiger partial charge in [-0.25, -0.2) is 0 Å². The minimum atomic E-state index is -1.37. The molecule has 6 nitrogen and oxygen atoms in total. The molecule has 0 radical (unpaired) electrons. The van der Waals surface area contributed by atoms with Gasteiger partial charge in [-0.15, -0.1) is 0 Å². The number of carbonyl (C=O) groups excluding carboxylic acids is 2. The van der Waals surface area contributed by atoms with Crippen LogP contribution in [0.25, 0.3) is 0 Å². The summed E-state index contributed by atoms with van der Waals surface area (Å²) in [6, 6.07) is 1.39. The highest BCUT2D eigenvalue weighted by atomic mass is 16.5. The van der Waals surface area contributed by atoms with Gasteiger partial charge in [0.1, 0.15) is 0 Å². The van der Waals surface area contributed by atoms with Gasteiger partial charge in [0.2, 0.25) is 5.56 Å². The zero-order valence-corrected chi connectivity index (χ0v) is 10.1. The predicted molar refractivity (Wildman–Crippen MR) is 60.9 cm³/mol. The van der Waals surface area contributed by atoms with Gasteiger partial charge < -0.3 is 14.5 Å². The van der Waals surface area contributed by atoms with Gasteiger partial charge in [0.05, 0.1) is 14.2 Å². The summed E-state index contributed by atoms with van der Waals surface area (Å²) in [5.41, 5.74) is -0.202. The van der Waals surface area contributed by atoms with Crippen molar-refractivity contribution in [2.24, 2.45) is 5.41 Å². The topological polar surface area (TPSA) is 85.5 Å². The molecular formula is C12H13NO5. The molecule has 0 fully saturated rings. The third-order valence-electron chi connectivity index (χ3n) is 3.24. The van der Waals surface area contributed by atoms with E-state index in [-0.39, 0.29) is 18.4 Å². The van der Waals surface area contributed by atoms with E-state index in [2.05, 4.69) is 4.98 Å². The van der Waals surface area contributed by atoms with Crippen molar-refractivity contribution in [2.45, 2.75) is 12.8 Å².